The van der Waals surface area contributed by atoms with Crippen molar-refractivity contribution >= 4 is 15.6 Å². The van der Waals surface area contributed by atoms with Crippen molar-refractivity contribution in [2.75, 3.05) is 13.2 Å². The van der Waals surface area contributed by atoms with Gasteiger partial charge in [-0.3, -0.25) is 9.05 Å². The Bertz CT molecular complexity index is 790. The van der Waals surface area contributed by atoms with Gasteiger partial charge in [0.15, 0.2) is 0 Å². The van der Waals surface area contributed by atoms with Crippen LogP contribution in [0.2, 0.25) is 0 Å². The van der Waals surface area contributed by atoms with Crippen LogP contribution >= 0.6 is 15.6 Å². The highest BCUT2D eigenvalue weighted by Gasteiger charge is 2.34. The minimum atomic E-state index is -4.72. The summed E-state index contributed by atoms with van der Waals surface area (Å²) in [4.78, 5) is 18.9. The van der Waals surface area contributed by atoms with E-state index >= 15 is 0 Å². The molecule has 0 aliphatic rings. The van der Waals surface area contributed by atoms with E-state index in [1.54, 1.807) is 6.08 Å². The molecule has 0 amide bonds. The normalized spacial score (nSPS) is 16.9. The van der Waals surface area contributed by atoms with Crippen LogP contribution in [0, 0.1) is 0 Å². The van der Waals surface area contributed by atoms with E-state index in [-0.39, 0.29) is 13.2 Å². The lowest BCUT2D eigenvalue weighted by Crippen LogP contribution is -1.98. The number of hydrogen-bond donors (Lipinski definition) is 2. The number of allylic oxidation sites excluding steroid dienone is 7. The first-order valence-corrected chi connectivity index (χ1v) is 13.7. The van der Waals surface area contributed by atoms with Crippen LogP contribution in [0.1, 0.15) is 73.1 Å². The topological polar surface area (TPSA) is 102 Å². The summed E-state index contributed by atoms with van der Waals surface area (Å²) in [6.07, 6.45) is 15.5. The van der Waals surface area contributed by atoms with Gasteiger partial charge in [0.1, 0.15) is 0 Å². The summed E-state index contributed by atoms with van der Waals surface area (Å²) in [5, 5.41) is 0. The standard InChI is InChI=1S/C23H40O7P2/c1-7-18-28-31(24,25)30-32(26,27)29-19-17-23(6)16-10-15-22(5)14-9-13-21(4)12-8-11-20(2)3/h7,11,13,15,17H,1,8-10,12,14,16,18-19H2,2-6H3,(H,24,25)(H,26,27). The molecule has 2 unspecified atom stereocenters. The fourth-order valence-electron chi connectivity index (χ4n) is 2.59. The monoisotopic (exact) mass is 490 g/mol. The minimum absolute atomic E-state index is 0.222. The lowest BCUT2D eigenvalue weighted by atomic mass is 10.0. The molecule has 0 aliphatic carbocycles. The first-order chi connectivity index (χ1) is 14.9. The Kier molecular flexibility index (Phi) is 16.0. The molecular weight excluding hydrogens is 450 g/mol. The van der Waals surface area contributed by atoms with Crippen LogP contribution in [-0.4, -0.2) is 23.0 Å². The van der Waals surface area contributed by atoms with E-state index in [1.807, 2.05) is 6.92 Å². The van der Waals surface area contributed by atoms with Gasteiger partial charge in [0.25, 0.3) is 0 Å². The van der Waals surface area contributed by atoms with Crippen molar-refractivity contribution in [1.82, 2.24) is 0 Å². The predicted octanol–water partition coefficient (Wildman–Crippen LogP) is 7.57. The molecule has 0 aliphatic heterocycles. The maximum Gasteiger partial charge on any atom is 0.481 e. The Labute approximate surface area is 193 Å². The molecule has 184 valence electrons. The average molecular weight is 491 g/mol. The predicted molar refractivity (Wildman–Crippen MR) is 131 cm³/mol. The molecular formula is C23H40O7P2. The van der Waals surface area contributed by atoms with Gasteiger partial charge >= 0.3 is 15.6 Å². The molecule has 0 spiro atoms. The van der Waals surface area contributed by atoms with Gasteiger partial charge in [-0.25, -0.2) is 9.13 Å². The molecule has 0 heterocycles. The van der Waals surface area contributed by atoms with Crippen LogP contribution in [0.3, 0.4) is 0 Å². The van der Waals surface area contributed by atoms with E-state index in [4.69, 9.17) is 4.52 Å². The Balaban J connectivity index is 4.30. The lowest BCUT2D eigenvalue weighted by Gasteiger charge is -2.14. The van der Waals surface area contributed by atoms with Crippen molar-refractivity contribution in [3.05, 3.63) is 59.3 Å². The van der Waals surface area contributed by atoms with Crippen LogP contribution in [-0.2, 0) is 22.5 Å². The van der Waals surface area contributed by atoms with E-state index in [9.17, 15) is 18.9 Å². The zero-order valence-corrected chi connectivity index (χ0v) is 21.9. The third kappa shape index (κ3) is 18.5. The Morgan fingerprint density at radius 1 is 0.719 bits per heavy atom. The maximum absolute atomic E-state index is 11.7. The zero-order chi connectivity index (χ0) is 24.6. The number of phosphoric ester groups is 2. The molecule has 2 N–H and O–H groups in total. The van der Waals surface area contributed by atoms with Crippen LogP contribution in [0.5, 0.6) is 0 Å². The molecule has 7 nitrogen and oxygen atoms in total. The molecule has 9 heteroatoms. The number of phosphoric acid groups is 2. The second-order valence-electron chi connectivity index (χ2n) is 7.95. The summed E-state index contributed by atoms with van der Waals surface area (Å²) in [5.41, 5.74) is 5.08. The van der Waals surface area contributed by atoms with Gasteiger partial charge in [0.2, 0.25) is 0 Å². The van der Waals surface area contributed by atoms with E-state index < -0.39 is 15.6 Å². The lowest BCUT2D eigenvalue weighted by molar-refractivity contribution is 0.170. The fourth-order valence-corrected chi connectivity index (χ4v) is 4.56. The van der Waals surface area contributed by atoms with Crippen LogP contribution < -0.4 is 0 Å². The van der Waals surface area contributed by atoms with Gasteiger partial charge in [0.05, 0.1) is 13.2 Å². The highest BCUT2D eigenvalue weighted by Crippen LogP contribution is 2.60. The molecule has 0 rings (SSSR count). The minimum Gasteiger partial charge on any atom is -0.302 e. The van der Waals surface area contributed by atoms with Crippen molar-refractivity contribution in [3.8, 4) is 0 Å². The van der Waals surface area contributed by atoms with Crippen LogP contribution in [0.4, 0.5) is 0 Å². The van der Waals surface area contributed by atoms with Gasteiger partial charge in [0, 0.05) is 0 Å². The summed E-state index contributed by atoms with van der Waals surface area (Å²) in [5.74, 6) is 0. The molecule has 0 radical (unpaired) electrons. The van der Waals surface area contributed by atoms with Crippen molar-refractivity contribution < 1.29 is 32.3 Å². The molecule has 0 aromatic carbocycles. The first-order valence-electron chi connectivity index (χ1n) is 10.7. The Hall–Kier alpha value is -1.04. The average Bonchev–Trinajstić information content (AvgIpc) is 2.65. The molecule has 2 atom stereocenters. The van der Waals surface area contributed by atoms with Crippen molar-refractivity contribution in [3.63, 3.8) is 0 Å². The molecule has 0 saturated carbocycles. The SMILES string of the molecule is C=CCOP(=O)(O)OP(=O)(O)OCC=C(C)CCC=C(C)CCC=C(C)CCC=C(C)C. The van der Waals surface area contributed by atoms with E-state index in [0.717, 1.165) is 44.1 Å². The molecule has 0 saturated heterocycles. The molecule has 0 aromatic heterocycles. The summed E-state index contributed by atoms with van der Waals surface area (Å²) < 4.78 is 36.6. The molecule has 0 fully saturated rings. The van der Waals surface area contributed by atoms with Crippen LogP contribution in [0.15, 0.2) is 59.3 Å². The summed E-state index contributed by atoms with van der Waals surface area (Å²) in [6, 6.07) is 0. The molecule has 0 aromatic rings. The van der Waals surface area contributed by atoms with Crippen molar-refractivity contribution in [1.29, 1.82) is 0 Å². The Morgan fingerprint density at radius 2 is 1.12 bits per heavy atom. The second kappa shape index (κ2) is 16.6. The second-order valence-corrected chi connectivity index (χ2v) is 11.0. The van der Waals surface area contributed by atoms with E-state index in [2.05, 4.69) is 61.3 Å². The van der Waals surface area contributed by atoms with Gasteiger partial charge < -0.3 is 9.79 Å². The third-order valence-corrected chi connectivity index (χ3v) is 6.99. The Morgan fingerprint density at radius 3 is 1.56 bits per heavy atom. The summed E-state index contributed by atoms with van der Waals surface area (Å²) >= 11 is 0. The van der Waals surface area contributed by atoms with Crippen LogP contribution in [0.25, 0.3) is 0 Å². The largest absolute Gasteiger partial charge is 0.481 e. The van der Waals surface area contributed by atoms with Crippen molar-refractivity contribution in [2.24, 2.45) is 0 Å². The summed E-state index contributed by atoms with van der Waals surface area (Å²) in [6.45, 7) is 13.2. The van der Waals surface area contributed by atoms with Gasteiger partial charge in [-0.2, -0.15) is 4.31 Å². The number of hydrogen-bond acceptors (Lipinski definition) is 5. The fraction of sp³-hybridized carbons (Fsp3) is 0.565. The smallest absolute Gasteiger partial charge is 0.302 e. The van der Waals surface area contributed by atoms with Crippen molar-refractivity contribution in [2.45, 2.75) is 73.1 Å². The van der Waals surface area contributed by atoms with Gasteiger partial charge in [-0.05, 0) is 73.1 Å². The highest BCUT2D eigenvalue weighted by molar-refractivity contribution is 7.61. The molecule has 32 heavy (non-hydrogen) atoms. The third-order valence-electron chi connectivity index (χ3n) is 4.39. The van der Waals surface area contributed by atoms with E-state index in [0.29, 0.717) is 0 Å². The maximum atomic E-state index is 11.7. The molecule has 0 bridgehead atoms. The van der Waals surface area contributed by atoms with E-state index in [1.165, 1.54) is 22.8 Å². The first kappa shape index (κ1) is 31.0. The van der Waals surface area contributed by atoms with Gasteiger partial charge in [-0.15, -0.1) is 6.58 Å². The quantitative estimate of drug-likeness (QED) is 0.160. The highest BCUT2D eigenvalue weighted by atomic mass is 31.3. The van der Waals surface area contributed by atoms with Gasteiger partial charge in [-0.1, -0.05) is 52.7 Å². The summed E-state index contributed by atoms with van der Waals surface area (Å²) in [7, 11) is -9.42. The zero-order valence-electron chi connectivity index (χ0n) is 20.1. The number of rotatable bonds is 17.